The number of urea groups is 1. The minimum atomic E-state index is -0.289. The SMILES string of the molecule is CCNC(=O)CN1CCN(C(=O)NCc2ccc(F)cc2)CC1. The summed E-state index contributed by atoms with van der Waals surface area (Å²) < 4.78 is 12.8. The van der Waals surface area contributed by atoms with Gasteiger partial charge in [0.1, 0.15) is 5.82 Å². The largest absolute Gasteiger partial charge is 0.355 e. The number of amides is 3. The fourth-order valence-electron chi connectivity index (χ4n) is 2.46. The molecule has 7 heteroatoms. The molecular formula is C16H23FN4O2. The van der Waals surface area contributed by atoms with E-state index in [0.717, 1.165) is 5.56 Å². The van der Waals surface area contributed by atoms with Gasteiger partial charge in [0.25, 0.3) is 0 Å². The molecule has 3 amide bonds. The highest BCUT2D eigenvalue weighted by molar-refractivity contribution is 5.78. The zero-order valence-corrected chi connectivity index (χ0v) is 13.3. The number of carbonyl (C=O) groups excluding carboxylic acids is 2. The molecule has 1 aromatic rings. The van der Waals surface area contributed by atoms with E-state index in [0.29, 0.717) is 45.8 Å². The van der Waals surface area contributed by atoms with Crippen molar-refractivity contribution in [2.24, 2.45) is 0 Å². The van der Waals surface area contributed by atoms with Crippen LogP contribution in [-0.4, -0.2) is 61.0 Å². The van der Waals surface area contributed by atoms with Crippen LogP contribution in [-0.2, 0) is 11.3 Å². The van der Waals surface area contributed by atoms with Gasteiger partial charge in [-0.2, -0.15) is 0 Å². The number of likely N-dealkylation sites (N-methyl/N-ethyl adjacent to an activating group) is 1. The summed E-state index contributed by atoms with van der Waals surface area (Å²) in [6.45, 7) is 5.81. The van der Waals surface area contributed by atoms with Gasteiger partial charge in [-0.3, -0.25) is 9.69 Å². The van der Waals surface area contributed by atoms with Gasteiger partial charge >= 0.3 is 6.03 Å². The molecule has 1 fully saturated rings. The lowest BCUT2D eigenvalue weighted by Crippen LogP contribution is -2.53. The van der Waals surface area contributed by atoms with Gasteiger partial charge in [-0.05, 0) is 24.6 Å². The summed E-state index contributed by atoms with van der Waals surface area (Å²) >= 11 is 0. The van der Waals surface area contributed by atoms with Crippen molar-refractivity contribution in [2.75, 3.05) is 39.3 Å². The van der Waals surface area contributed by atoms with Crippen molar-refractivity contribution in [1.29, 1.82) is 0 Å². The predicted molar refractivity (Wildman–Crippen MR) is 85.3 cm³/mol. The summed E-state index contributed by atoms with van der Waals surface area (Å²) in [6, 6.07) is 5.93. The normalized spacial score (nSPS) is 15.3. The summed E-state index contributed by atoms with van der Waals surface area (Å²) in [4.78, 5) is 27.4. The van der Waals surface area contributed by atoms with E-state index in [1.54, 1.807) is 17.0 Å². The Bertz CT molecular complexity index is 527. The molecule has 0 spiro atoms. The Morgan fingerprint density at radius 2 is 1.74 bits per heavy atom. The quantitative estimate of drug-likeness (QED) is 0.842. The third kappa shape index (κ3) is 5.52. The van der Waals surface area contributed by atoms with Gasteiger partial charge < -0.3 is 15.5 Å². The van der Waals surface area contributed by atoms with E-state index in [2.05, 4.69) is 10.6 Å². The van der Waals surface area contributed by atoms with Crippen molar-refractivity contribution in [3.63, 3.8) is 0 Å². The molecular weight excluding hydrogens is 299 g/mol. The second kappa shape index (κ2) is 8.47. The number of nitrogens with one attached hydrogen (secondary N) is 2. The van der Waals surface area contributed by atoms with Crippen LogP contribution < -0.4 is 10.6 Å². The van der Waals surface area contributed by atoms with E-state index in [-0.39, 0.29) is 17.8 Å². The molecule has 0 unspecified atom stereocenters. The van der Waals surface area contributed by atoms with Crippen LogP contribution in [0, 0.1) is 5.82 Å². The molecule has 2 rings (SSSR count). The molecule has 0 aromatic heterocycles. The fraction of sp³-hybridized carbons (Fsp3) is 0.500. The highest BCUT2D eigenvalue weighted by atomic mass is 19.1. The maximum absolute atomic E-state index is 12.8. The number of benzene rings is 1. The number of carbonyl (C=O) groups is 2. The molecule has 6 nitrogen and oxygen atoms in total. The summed E-state index contributed by atoms with van der Waals surface area (Å²) in [7, 11) is 0. The highest BCUT2D eigenvalue weighted by Crippen LogP contribution is 2.04. The van der Waals surface area contributed by atoms with Gasteiger partial charge in [0, 0.05) is 39.3 Å². The Morgan fingerprint density at radius 1 is 1.09 bits per heavy atom. The van der Waals surface area contributed by atoms with E-state index in [1.165, 1.54) is 12.1 Å². The topological polar surface area (TPSA) is 64.7 Å². The molecule has 0 bridgehead atoms. The minimum absolute atomic E-state index is 0.0155. The van der Waals surface area contributed by atoms with Crippen LogP contribution in [0.3, 0.4) is 0 Å². The second-order valence-electron chi connectivity index (χ2n) is 5.50. The van der Waals surface area contributed by atoms with Crippen LogP contribution in [0.4, 0.5) is 9.18 Å². The number of nitrogens with zero attached hydrogens (tertiary/aromatic N) is 2. The predicted octanol–water partition coefficient (Wildman–Crippen LogP) is 0.789. The van der Waals surface area contributed by atoms with Crippen LogP contribution >= 0.6 is 0 Å². The van der Waals surface area contributed by atoms with Crippen LogP contribution in [0.2, 0.25) is 0 Å². The Hall–Kier alpha value is -2.15. The monoisotopic (exact) mass is 322 g/mol. The Morgan fingerprint density at radius 3 is 2.35 bits per heavy atom. The van der Waals surface area contributed by atoms with Crippen molar-refractivity contribution < 1.29 is 14.0 Å². The molecule has 1 aromatic carbocycles. The van der Waals surface area contributed by atoms with Crippen LogP contribution in [0.5, 0.6) is 0 Å². The van der Waals surface area contributed by atoms with Crippen LogP contribution in [0.15, 0.2) is 24.3 Å². The number of piperazine rings is 1. The first-order chi connectivity index (χ1) is 11.1. The summed E-state index contributed by atoms with van der Waals surface area (Å²) in [5.41, 5.74) is 0.856. The van der Waals surface area contributed by atoms with Gasteiger partial charge in [-0.1, -0.05) is 12.1 Å². The van der Waals surface area contributed by atoms with Crippen molar-refractivity contribution in [2.45, 2.75) is 13.5 Å². The standard InChI is InChI=1S/C16H23FN4O2/c1-2-18-15(22)12-20-7-9-21(10-8-20)16(23)19-11-13-3-5-14(17)6-4-13/h3-6H,2,7-12H2,1H3,(H,18,22)(H,19,23). The smallest absolute Gasteiger partial charge is 0.317 e. The van der Waals surface area contributed by atoms with Crippen LogP contribution in [0.25, 0.3) is 0 Å². The summed E-state index contributed by atoms with van der Waals surface area (Å²) in [6.07, 6.45) is 0. The lowest BCUT2D eigenvalue weighted by molar-refractivity contribution is -0.122. The Kier molecular flexibility index (Phi) is 6.34. The zero-order valence-electron chi connectivity index (χ0n) is 13.3. The molecule has 0 radical (unpaired) electrons. The second-order valence-corrected chi connectivity index (χ2v) is 5.50. The maximum atomic E-state index is 12.8. The average molecular weight is 322 g/mol. The number of hydrogen-bond acceptors (Lipinski definition) is 3. The zero-order chi connectivity index (χ0) is 16.7. The van der Waals surface area contributed by atoms with Crippen molar-refractivity contribution in [1.82, 2.24) is 20.4 Å². The molecule has 2 N–H and O–H groups in total. The molecule has 0 saturated carbocycles. The first-order valence-electron chi connectivity index (χ1n) is 7.84. The van der Waals surface area contributed by atoms with Gasteiger partial charge in [0.2, 0.25) is 5.91 Å². The molecule has 0 aliphatic carbocycles. The average Bonchev–Trinajstić information content (AvgIpc) is 2.55. The maximum Gasteiger partial charge on any atom is 0.317 e. The van der Waals surface area contributed by atoms with Crippen molar-refractivity contribution in [3.8, 4) is 0 Å². The van der Waals surface area contributed by atoms with E-state index in [1.807, 2.05) is 11.8 Å². The lowest BCUT2D eigenvalue weighted by atomic mass is 10.2. The van der Waals surface area contributed by atoms with Crippen LogP contribution in [0.1, 0.15) is 12.5 Å². The van der Waals surface area contributed by atoms with E-state index in [9.17, 15) is 14.0 Å². The minimum Gasteiger partial charge on any atom is -0.355 e. The lowest BCUT2D eigenvalue weighted by Gasteiger charge is -2.34. The summed E-state index contributed by atoms with van der Waals surface area (Å²) in [5.74, 6) is -0.273. The molecule has 23 heavy (non-hydrogen) atoms. The third-order valence-electron chi connectivity index (χ3n) is 3.76. The number of hydrogen-bond donors (Lipinski definition) is 2. The first kappa shape index (κ1) is 17.2. The molecule has 1 saturated heterocycles. The molecule has 1 heterocycles. The number of rotatable bonds is 5. The molecule has 1 aliphatic heterocycles. The molecule has 1 aliphatic rings. The van der Waals surface area contributed by atoms with E-state index >= 15 is 0 Å². The molecule has 126 valence electrons. The van der Waals surface area contributed by atoms with Gasteiger partial charge in [-0.25, -0.2) is 9.18 Å². The Balaban J connectivity index is 1.71. The highest BCUT2D eigenvalue weighted by Gasteiger charge is 2.21. The van der Waals surface area contributed by atoms with Gasteiger partial charge in [0.15, 0.2) is 0 Å². The molecule has 0 atom stereocenters. The van der Waals surface area contributed by atoms with E-state index < -0.39 is 0 Å². The van der Waals surface area contributed by atoms with E-state index in [4.69, 9.17) is 0 Å². The van der Waals surface area contributed by atoms with Gasteiger partial charge in [0.05, 0.1) is 6.54 Å². The summed E-state index contributed by atoms with van der Waals surface area (Å²) in [5, 5.41) is 5.60. The first-order valence-corrected chi connectivity index (χ1v) is 7.84. The van der Waals surface area contributed by atoms with Crippen molar-refractivity contribution >= 4 is 11.9 Å². The Labute approximate surface area is 135 Å². The fourth-order valence-corrected chi connectivity index (χ4v) is 2.46. The van der Waals surface area contributed by atoms with Crippen molar-refractivity contribution in [3.05, 3.63) is 35.6 Å². The van der Waals surface area contributed by atoms with Gasteiger partial charge in [-0.15, -0.1) is 0 Å². The number of halogens is 1. The third-order valence-corrected chi connectivity index (χ3v) is 3.76.